The third kappa shape index (κ3) is 5.25. The molecule has 0 N–H and O–H groups in total. The third-order valence-corrected chi connectivity index (χ3v) is 5.41. The third-order valence-electron chi connectivity index (χ3n) is 5.41. The Morgan fingerprint density at radius 3 is 2.32 bits per heavy atom. The normalized spacial score (nSPS) is 18.2. The molecule has 0 atom stereocenters. The number of hydrogen-bond donors (Lipinski definition) is 0. The molecule has 4 heterocycles. The maximum absolute atomic E-state index is 12.8. The van der Waals surface area contributed by atoms with Gasteiger partial charge in [-0.05, 0) is 18.2 Å². The minimum absolute atomic E-state index is 0.0784. The van der Waals surface area contributed by atoms with Crippen LogP contribution in [-0.2, 0) is 10.9 Å². The molecule has 166 valence electrons. The fraction of sp³-hybridized carbons (Fsp3) is 0.476. The molecule has 1 amide bonds. The molecule has 0 saturated carbocycles. The van der Waals surface area contributed by atoms with Crippen molar-refractivity contribution < 1.29 is 27.4 Å². The highest BCUT2D eigenvalue weighted by Crippen LogP contribution is 2.29. The van der Waals surface area contributed by atoms with Crippen LogP contribution in [0, 0.1) is 0 Å². The van der Waals surface area contributed by atoms with Crippen LogP contribution < -0.4 is 9.64 Å². The molecule has 4 rings (SSSR count). The summed E-state index contributed by atoms with van der Waals surface area (Å²) in [6.07, 6.45) is -0.338. The lowest BCUT2D eigenvalue weighted by Gasteiger charge is -2.35. The van der Waals surface area contributed by atoms with Crippen molar-refractivity contribution in [3.8, 4) is 5.88 Å². The molecule has 2 saturated heterocycles. The standard InChI is InChI=1S/C21H23F3N4O3/c22-21(23,24)16-2-3-18(25-14-16)27-7-9-28(10-8-27)20(29)15-1-4-19(26-13-15)31-17-5-11-30-12-6-17/h1-4,13-14,17H,5-12H2. The first kappa shape index (κ1) is 21.4. The van der Waals surface area contributed by atoms with Crippen LogP contribution in [0.4, 0.5) is 19.0 Å². The van der Waals surface area contributed by atoms with Gasteiger partial charge in [-0.3, -0.25) is 4.79 Å². The maximum atomic E-state index is 12.8. The van der Waals surface area contributed by atoms with E-state index in [-0.39, 0.29) is 12.0 Å². The van der Waals surface area contributed by atoms with Gasteiger partial charge in [0.15, 0.2) is 0 Å². The summed E-state index contributed by atoms with van der Waals surface area (Å²) in [7, 11) is 0. The predicted molar refractivity (Wildman–Crippen MR) is 106 cm³/mol. The van der Waals surface area contributed by atoms with Crippen LogP contribution in [0.25, 0.3) is 0 Å². The van der Waals surface area contributed by atoms with Crippen molar-refractivity contribution in [2.24, 2.45) is 0 Å². The highest BCUT2D eigenvalue weighted by molar-refractivity contribution is 5.94. The van der Waals surface area contributed by atoms with Crippen molar-refractivity contribution in [1.82, 2.24) is 14.9 Å². The van der Waals surface area contributed by atoms with Gasteiger partial charge in [-0.15, -0.1) is 0 Å². The zero-order chi connectivity index (χ0) is 21.8. The lowest BCUT2D eigenvalue weighted by atomic mass is 10.1. The SMILES string of the molecule is O=C(c1ccc(OC2CCOCC2)nc1)N1CCN(c2ccc(C(F)(F)F)cn2)CC1. The number of aromatic nitrogens is 2. The predicted octanol–water partition coefficient (Wildman–Crippen LogP) is 3.02. The van der Waals surface area contributed by atoms with Crippen LogP contribution in [0.15, 0.2) is 36.7 Å². The van der Waals surface area contributed by atoms with Gasteiger partial charge in [0.25, 0.3) is 5.91 Å². The van der Waals surface area contributed by atoms with Gasteiger partial charge in [0.05, 0.1) is 24.3 Å². The molecule has 7 nitrogen and oxygen atoms in total. The molecule has 2 fully saturated rings. The second-order valence-corrected chi connectivity index (χ2v) is 7.50. The number of alkyl halides is 3. The second kappa shape index (κ2) is 9.09. The molecular formula is C21H23F3N4O3. The number of amides is 1. The van der Waals surface area contributed by atoms with Crippen molar-refractivity contribution in [1.29, 1.82) is 0 Å². The topological polar surface area (TPSA) is 67.8 Å². The Kier molecular flexibility index (Phi) is 6.26. The van der Waals surface area contributed by atoms with E-state index >= 15 is 0 Å². The number of rotatable bonds is 4. The van der Waals surface area contributed by atoms with E-state index in [2.05, 4.69) is 9.97 Å². The number of piperazine rings is 1. The molecule has 0 aromatic carbocycles. The van der Waals surface area contributed by atoms with Crippen molar-refractivity contribution >= 4 is 11.7 Å². The Morgan fingerprint density at radius 2 is 1.74 bits per heavy atom. The summed E-state index contributed by atoms with van der Waals surface area (Å²) in [6.45, 7) is 3.22. The van der Waals surface area contributed by atoms with Crippen LogP contribution >= 0.6 is 0 Å². The largest absolute Gasteiger partial charge is 0.474 e. The van der Waals surface area contributed by atoms with E-state index in [1.165, 1.54) is 12.3 Å². The molecule has 0 aliphatic carbocycles. The van der Waals surface area contributed by atoms with E-state index in [4.69, 9.17) is 9.47 Å². The van der Waals surface area contributed by atoms with Gasteiger partial charge in [-0.25, -0.2) is 9.97 Å². The van der Waals surface area contributed by atoms with E-state index in [0.29, 0.717) is 56.7 Å². The summed E-state index contributed by atoms with van der Waals surface area (Å²) < 4.78 is 49.2. The fourth-order valence-corrected chi connectivity index (χ4v) is 3.60. The Morgan fingerprint density at radius 1 is 1.00 bits per heavy atom. The molecule has 0 bridgehead atoms. The van der Waals surface area contributed by atoms with Gasteiger partial charge in [0.2, 0.25) is 5.88 Å². The van der Waals surface area contributed by atoms with E-state index < -0.39 is 11.7 Å². The average Bonchev–Trinajstić information content (AvgIpc) is 2.79. The average molecular weight is 436 g/mol. The van der Waals surface area contributed by atoms with E-state index in [9.17, 15) is 18.0 Å². The molecule has 0 spiro atoms. The highest BCUT2D eigenvalue weighted by Gasteiger charge is 2.31. The lowest BCUT2D eigenvalue weighted by Crippen LogP contribution is -2.49. The summed E-state index contributed by atoms with van der Waals surface area (Å²) in [6, 6.07) is 5.79. The molecule has 2 aliphatic heterocycles. The van der Waals surface area contributed by atoms with Gasteiger partial charge in [-0.2, -0.15) is 13.2 Å². The molecular weight excluding hydrogens is 413 g/mol. The molecule has 31 heavy (non-hydrogen) atoms. The van der Waals surface area contributed by atoms with Gasteiger partial charge in [-0.1, -0.05) is 0 Å². The first-order valence-corrected chi connectivity index (χ1v) is 10.2. The Bertz CT molecular complexity index is 876. The lowest BCUT2D eigenvalue weighted by molar-refractivity contribution is -0.137. The zero-order valence-electron chi connectivity index (χ0n) is 16.8. The summed E-state index contributed by atoms with van der Waals surface area (Å²) in [5.74, 6) is 0.822. The summed E-state index contributed by atoms with van der Waals surface area (Å²) in [4.78, 5) is 24.5. The van der Waals surface area contributed by atoms with Crippen LogP contribution in [0.1, 0.15) is 28.8 Å². The van der Waals surface area contributed by atoms with Crippen molar-refractivity contribution in [3.63, 3.8) is 0 Å². The number of carbonyl (C=O) groups excluding carboxylic acids is 1. The number of anilines is 1. The molecule has 2 aromatic rings. The van der Waals surface area contributed by atoms with Crippen molar-refractivity contribution in [3.05, 3.63) is 47.8 Å². The summed E-state index contributed by atoms with van der Waals surface area (Å²) in [5, 5.41) is 0. The monoisotopic (exact) mass is 436 g/mol. The number of pyridine rings is 2. The first-order chi connectivity index (χ1) is 14.9. The quantitative estimate of drug-likeness (QED) is 0.734. The van der Waals surface area contributed by atoms with Crippen molar-refractivity contribution in [2.75, 3.05) is 44.3 Å². The summed E-state index contributed by atoms with van der Waals surface area (Å²) >= 11 is 0. The van der Waals surface area contributed by atoms with Crippen molar-refractivity contribution in [2.45, 2.75) is 25.1 Å². The number of hydrogen-bond acceptors (Lipinski definition) is 6. The van der Waals surface area contributed by atoms with Gasteiger partial charge in [0.1, 0.15) is 11.9 Å². The van der Waals surface area contributed by atoms with E-state index in [1.54, 1.807) is 17.0 Å². The zero-order valence-corrected chi connectivity index (χ0v) is 16.8. The molecule has 0 unspecified atom stereocenters. The summed E-state index contributed by atoms with van der Waals surface area (Å²) in [5.41, 5.74) is -0.303. The van der Waals surface area contributed by atoms with Crippen LogP contribution in [0.3, 0.4) is 0 Å². The Labute approximate surface area is 177 Å². The van der Waals surface area contributed by atoms with Crippen LogP contribution in [-0.4, -0.2) is 66.3 Å². The smallest absolute Gasteiger partial charge is 0.417 e. The van der Waals surface area contributed by atoms with Gasteiger partial charge < -0.3 is 19.3 Å². The minimum atomic E-state index is -4.41. The highest BCUT2D eigenvalue weighted by atomic mass is 19.4. The molecule has 10 heteroatoms. The number of halogens is 3. The van der Waals surface area contributed by atoms with E-state index in [0.717, 1.165) is 25.1 Å². The maximum Gasteiger partial charge on any atom is 0.417 e. The van der Waals surface area contributed by atoms with Gasteiger partial charge >= 0.3 is 6.18 Å². The number of ether oxygens (including phenoxy) is 2. The Balaban J connectivity index is 1.30. The number of nitrogens with zero attached hydrogens (tertiary/aromatic N) is 4. The molecule has 0 radical (unpaired) electrons. The first-order valence-electron chi connectivity index (χ1n) is 10.2. The fourth-order valence-electron chi connectivity index (χ4n) is 3.60. The van der Waals surface area contributed by atoms with Crippen LogP contribution in [0.2, 0.25) is 0 Å². The second-order valence-electron chi connectivity index (χ2n) is 7.50. The molecule has 2 aromatic heterocycles. The van der Waals surface area contributed by atoms with E-state index in [1.807, 2.05) is 4.90 Å². The minimum Gasteiger partial charge on any atom is -0.474 e. The van der Waals surface area contributed by atoms with Gasteiger partial charge in [0, 0.05) is 57.5 Å². The van der Waals surface area contributed by atoms with Crippen LogP contribution in [0.5, 0.6) is 5.88 Å². The Hall–Kier alpha value is -2.88. The number of carbonyl (C=O) groups is 1. The molecule has 2 aliphatic rings.